The highest BCUT2D eigenvalue weighted by molar-refractivity contribution is 6.23. The van der Waals surface area contributed by atoms with Gasteiger partial charge < -0.3 is 10.4 Å². The van der Waals surface area contributed by atoms with E-state index in [-0.39, 0.29) is 22.7 Å². The lowest BCUT2D eigenvalue weighted by Crippen LogP contribution is -2.33. The number of hydrogen-bond acceptors (Lipinski definition) is 5. The van der Waals surface area contributed by atoms with Gasteiger partial charge >= 0.3 is 11.7 Å². The molecule has 0 spiro atoms. The van der Waals surface area contributed by atoms with Gasteiger partial charge in [0.1, 0.15) is 5.82 Å². The van der Waals surface area contributed by atoms with Crippen LogP contribution in [0.1, 0.15) is 43.3 Å². The molecule has 1 aliphatic carbocycles. The first kappa shape index (κ1) is 16.9. The molecule has 1 atom stereocenters. The number of H-pyrrole nitrogens is 2. The largest absolute Gasteiger partial charge is 0.478 e. The van der Waals surface area contributed by atoms with Crippen molar-refractivity contribution in [2.75, 3.05) is 5.32 Å². The van der Waals surface area contributed by atoms with Gasteiger partial charge in [-0.05, 0) is 17.7 Å². The Morgan fingerprint density at radius 1 is 0.897 bits per heavy atom. The fraction of sp³-hybridized carbons (Fsp3) is 0.0476. The van der Waals surface area contributed by atoms with Crippen molar-refractivity contribution in [1.82, 2.24) is 9.97 Å². The number of aromatic nitrogens is 2. The van der Waals surface area contributed by atoms with Crippen molar-refractivity contribution in [2.24, 2.45) is 0 Å². The van der Waals surface area contributed by atoms with E-state index in [0.717, 1.165) is 0 Å². The van der Waals surface area contributed by atoms with E-state index in [9.17, 15) is 19.2 Å². The molecular weight excluding hydrogens is 374 g/mol. The van der Waals surface area contributed by atoms with Gasteiger partial charge in [0.15, 0.2) is 5.78 Å². The second-order valence-corrected chi connectivity index (χ2v) is 6.85. The highest BCUT2D eigenvalue weighted by atomic mass is 16.4. The third-order valence-electron chi connectivity index (χ3n) is 5.25. The molecule has 0 radical (unpaired) electrons. The molecule has 2 heterocycles. The summed E-state index contributed by atoms with van der Waals surface area (Å²) in [7, 11) is 0. The highest BCUT2D eigenvalue weighted by Crippen LogP contribution is 2.47. The van der Waals surface area contributed by atoms with E-state index >= 15 is 0 Å². The normalized spacial score (nSPS) is 16.7. The number of allylic oxidation sites excluding steroid dienone is 1. The van der Waals surface area contributed by atoms with Crippen LogP contribution in [-0.4, -0.2) is 26.8 Å². The second-order valence-electron chi connectivity index (χ2n) is 6.85. The molecule has 1 aromatic heterocycles. The van der Waals surface area contributed by atoms with Crippen LogP contribution in [0.2, 0.25) is 0 Å². The van der Waals surface area contributed by atoms with Crippen LogP contribution in [0.5, 0.6) is 0 Å². The number of hydrogen-bond donors (Lipinski definition) is 4. The molecule has 0 saturated heterocycles. The summed E-state index contributed by atoms with van der Waals surface area (Å²) in [6.07, 6.45) is 0. The van der Waals surface area contributed by atoms with E-state index < -0.39 is 23.1 Å². The van der Waals surface area contributed by atoms with Crippen LogP contribution in [0.15, 0.2) is 63.7 Å². The van der Waals surface area contributed by atoms with Crippen molar-refractivity contribution in [3.63, 3.8) is 0 Å². The molecule has 5 rings (SSSR count). The Labute approximate surface area is 162 Å². The number of fused-ring (bicyclic) bond motifs is 3. The summed E-state index contributed by atoms with van der Waals surface area (Å²) in [6.45, 7) is 0. The molecule has 0 amide bonds. The van der Waals surface area contributed by atoms with Crippen LogP contribution < -0.4 is 16.6 Å². The van der Waals surface area contributed by atoms with E-state index in [1.54, 1.807) is 36.4 Å². The van der Waals surface area contributed by atoms with Gasteiger partial charge in [-0.1, -0.05) is 36.4 Å². The van der Waals surface area contributed by atoms with E-state index in [0.29, 0.717) is 28.0 Å². The maximum Gasteiger partial charge on any atom is 0.335 e. The van der Waals surface area contributed by atoms with Crippen molar-refractivity contribution in [1.29, 1.82) is 0 Å². The van der Waals surface area contributed by atoms with Crippen LogP contribution in [0.4, 0.5) is 5.82 Å². The lowest BCUT2D eigenvalue weighted by atomic mass is 9.81. The first-order valence-electron chi connectivity index (χ1n) is 8.80. The molecule has 8 heteroatoms. The summed E-state index contributed by atoms with van der Waals surface area (Å²) in [5.74, 6) is -1.83. The van der Waals surface area contributed by atoms with Crippen molar-refractivity contribution < 1.29 is 14.7 Å². The second kappa shape index (κ2) is 5.90. The Hall–Kier alpha value is -4.20. The van der Waals surface area contributed by atoms with Crippen molar-refractivity contribution in [3.05, 3.63) is 103 Å². The van der Waals surface area contributed by atoms with Gasteiger partial charge in [-0.3, -0.25) is 19.6 Å². The van der Waals surface area contributed by atoms with Gasteiger partial charge in [-0.15, -0.1) is 0 Å². The number of carbonyl (C=O) groups excluding carboxylic acids is 1. The number of anilines is 1. The number of carboxylic acids is 1. The molecule has 2 aliphatic rings. The van der Waals surface area contributed by atoms with E-state index in [2.05, 4.69) is 15.3 Å². The van der Waals surface area contributed by atoms with Crippen LogP contribution in [0, 0.1) is 0 Å². The number of aromatic amines is 2. The van der Waals surface area contributed by atoms with Gasteiger partial charge in [-0.25, -0.2) is 9.59 Å². The molecule has 0 bridgehead atoms. The monoisotopic (exact) mass is 387 g/mol. The smallest absolute Gasteiger partial charge is 0.335 e. The maximum atomic E-state index is 13.2. The molecule has 4 N–H and O–H groups in total. The molecule has 1 aliphatic heterocycles. The van der Waals surface area contributed by atoms with Crippen LogP contribution in [0.3, 0.4) is 0 Å². The van der Waals surface area contributed by atoms with Crippen molar-refractivity contribution >= 4 is 23.3 Å². The number of carboxylic acid groups (broad SMARTS) is 1. The summed E-state index contributed by atoms with van der Waals surface area (Å²) >= 11 is 0. The zero-order chi connectivity index (χ0) is 20.3. The number of Topliss-reactive ketones (excluding diaryl/α,β-unsaturated/α-hetero) is 1. The molecule has 3 aromatic rings. The van der Waals surface area contributed by atoms with Gasteiger partial charge in [0, 0.05) is 22.6 Å². The zero-order valence-electron chi connectivity index (χ0n) is 14.8. The number of ketones is 1. The molecule has 29 heavy (non-hydrogen) atoms. The molecule has 0 fully saturated rings. The van der Waals surface area contributed by atoms with Crippen LogP contribution in [-0.2, 0) is 0 Å². The minimum atomic E-state index is -1.08. The van der Waals surface area contributed by atoms with Gasteiger partial charge in [-0.2, -0.15) is 0 Å². The SMILES string of the molecule is O=C(O)c1ccc(C2C3=C(Nc4[nH]c(=O)[nH]c(=O)c42)c2ccccc2C3=O)cc1. The number of rotatable bonds is 2. The Morgan fingerprint density at radius 3 is 2.28 bits per heavy atom. The predicted molar refractivity (Wildman–Crippen MR) is 104 cm³/mol. The minimum Gasteiger partial charge on any atom is -0.478 e. The maximum absolute atomic E-state index is 13.2. The summed E-state index contributed by atoms with van der Waals surface area (Å²) in [5.41, 5.74) is 1.70. The number of carbonyl (C=O) groups is 2. The Kier molecular flexibility index (Phi) is 3.44. The van der Waals surface area contributed by atoms with Crippen LogP contribution >= 0.6 is 0 Å². The van der Waals surface area contributed by atoms with E-state index in [4.69, 9.17) is 5.11 Å². The fourth-order valence-electron chi connectivity index (χ4n) is 4.00. The summed E-state index contributed by atoms with van der Waals surface area (Å²) in [6, 6.07) is 13.1. The topological polar surface area (TPSA) is 132 Å². The molecule has 8 nitrogen and oxygen atoms in total. The summed E-state index contributed by atoms with van der Waals surface area (Å²) < 4.78 is 0. The number of aromatic carboxylic acids is 1. The first-order chi connectivity index (χ1) is 14.0. The molecule has 0 saturated carbocycles. The fourth-order valence-corrected chi connectivity index (χ4v) is 4.00. The Bertz CT molecular complexity index is 1360. The predicted octanol–water partition coefficient (Wildman–Crippen LogP) is 1.93. The quantitative estimate of drug-likeness (QED) is 0.531. The first-order valence-corrected chi connectivity index (χ1v) is 8.80. The lowest BCUT2D eigenvalue weighted by molar-refractivity contribution is 0.0696. The highest BCUT2D eigenvalue weighted by Gasteiger charge is 2.41. The van der Waals surface area contributed by atoms with E-state index in [1.165, 1.54) is 12.1 Å². The lowest BCUT2D eigenvalue weighted by Gasteiger charge is -2.27. The third-order valence-corrected chi connectivity index (χ3v) is 5.25. The van der Waals surface area contributed by atoms with Gasteiger partial charge in [0.2, 0.25) is 0 Å². The summed E-state index contributed by atoms with van der Waals surface area (Å²) in [5, 5.41) is 12.2. The number of nitrogens with one attached hydrogen (secondary N) is 3. The molecule has 142 valence electrons. The van der Waals surface area contributed by atoms with Crippen LogP contribution in [0.25, 0.3) is 5.70 Å². The average Bonchev–Trinajstić information content (AvgIpc) is 2.99. The Balaban J connectivity index is 1.79. The molecule has 1 unspecified atom stereocenters. The van der Waals surface area contributed by atoms with E-state index in [1.807, 2.05) is 0 Å². The van der Waals surface area contributed by atoms with Crippen molar-refractivity contribution in [2.45, 2.75) is 5.92 Å². The molecular formula is C21H13N3O5. The van der Waals surface area contributed by atoms with Gasteiger partial charge in [0.25, 0.3) is 5.56 Å². The zero-order valence-corrected chi connectivity index (χ0v) is 14.8. The number of benzene rings is 2. The van der Waals surface area contributed by atoms with Gasteiger partial charge in [0.05, 0.1) is 16.8 Å². The molecule has 2 aromatic carbocycles. The Morgan fingerprint density at radius 2 is 1.59 bits per heavy atom. The standard InChI is InChI=1S/C21H13N3O5/c25-17-12-4-2-1-3-11(12)16-14(17)13(9-5-7-10(8-6-9)20(27)28)15-18(22-16)23-21(29)24-19(15)26/h1-8,13H,(H,27,28)(H3,22,23,24,26,29). The third kappa shape index (κ3) is 2.39. The average molecular weight is 387 g/mol. The summed E-state index contributed by atoms with van der Waals surface area (Å²) in [4.78, 5) is 53.7. The minimum absolute atomic E-state index is 0.0912. The van der Waals surface area contributed by atoms with Crippen molar-refractivity contribution in [3.8, 4) is 0 Å².